The fourth-order valence-electron chi connectivity index (χ4n) is 1.90. The molecule has 0 aliphatic carbocycles. The Hall–Kier alpha value is -1.39. The molecule has 0 aliphatic heterocycles. The Balaban J connectivity index is 4.44. The standard InChI is InChI=1S/C15H26O5/c1-4-7-8-9-10-11-12(14(17)19-5-2)13(16)15(18)20-6-3/h12H,4-11H2,1-3H3/t12-/m1/s1. The molecule has 0 saturated heterocycles. The first-order valence-corrected chi connectivity index (χ1v) is 7.45. The highest BCUT2D eigenvalue weighted by atomic mass is 16.5. The summed E-state index contributed by atoms with van der Waals surface area (Å²) in [7, 11) is 0. The van der Waals surface area contributed by atoms with Crippen molar-refractivity contribution in [3.8, 4) is 0 Å². The molecule has 0 rings (SSSR count). The van der Waals surface area contributed by atoms with Crippen LogP contribution in [0.25, 0.3) is 0 Å². The molecule has 0 amide bonds. The summed E-state index contributed by atoms with van der Waals surface area (Å²) in [4.78, 5) is 35.1. The lowest BCUT2D eigenvalue weighted by Crippen LogP contribution is -2.33. The maximum atomic E-state index is 11.9. The van der Waals surface area contributed by atoms with Gasteiger partial charge in [0.25, 0.3) is 5.78 Å². The zero-order chi connectivity index (χ0) is 15.4. The van der Waals surface area contributed by atoms with Crippen LogP contribution in [0.1, 0.15) is 59.3 Å². The van der Waals surface area contributed by atoms with Crippen molar-refractivity contribution >= 4 is 17.7 Å². The number of rotatable bonds is 11. The van der Waals surface area contributed by atoms with Crippen LogP contribution in [0.2, 0.25) is 0 Å². The van der Waals surface area contributed by atoms with E-state index in [4.69, 9.17) is 4.74 Å². The molecule has 0 fully saturated rings. The molecule has 0 aromatic carbocycles. The van der Waals surface area contributed by atoms with Gasteiger partial charge < -0.3 is 9.47 Å². The highest BCUT2D eigenvalue weighted by Crippen LogP contribution is 2.15. The summed E-state index contributed by atoms with van der Waals surface area (Å²) < 4.78 is 9.53. The molecule has 0 bridgehead atoms. The van der Waals surface area contributed by atoms with Crippen LogP contribution in [0.15, 0.2) is 0 Å². The summed E-state index contributed by atoms with van der Waals surface area (Å²) >= 11 is 0. The largest absolute Gasteiger partial charge is 0.465 e. The number of esters is 2. The van der Waals surface area contributed by atoms with E-state index >= 15 is 0 Å². The first-order valence-electron chi connectivity index (χ1n) is 7.45. The Morgan fingerprint density at radius 3 is 2.00 bits per heavy atom. The van der Waals surface area contributed by atoms with Crippen molar-refractivity contribution in [2.45, 2.75) is 59.3 Å². The number of unbranched alkanes of at least 4 members (excludes halogenated alkanes) is 4. The van der Waals surface area contributed by atoms with Crippen molar-refractivity contribution in [2.24, 2.45) is 5.92 Å². The summed E-state index contributed by atoms with van der Waals surface area (Å²) in [6.07, 6.45) is 5.35. The van der Waals surface area contributed by atoms with E-state index in [9.17, 15) is 14.4 Å². The van der Waals surface area contributed by atoms with Crippen LogP contribution in [-0.4, -0.2) is 30.9 Å². The third-order valence-electron chi connectivity index (χ3n) is 2.96. The molecule has 116 valence electrons. The van der Waals surface area contributed by atoms with Crippen LogP contribution in [0, 0.1) is 5.92 Å². The van der Waals surface area contributed by atoms with Crippen LogP contribution in [0.5, 0.6) is 0 Å². The van der Waals surface area contributed by atoms with E-state index in [2.05, 4.69) is 11.7 Å². The fraction of sp³-hybridized carbons (Fsp3) is 0.800. The molecule has 0 spiro atoms. The zero-order valence-corrected chi connectivity index (χ0v) is 12.8. The highest BCUT2D eigenvalue weighted by Gasteiger charge is 2.33. The van der Waals surface area contributed by atoms with Gasteiger partial charge in [0, 0.05) is 0 Å². The number of ketones is 1. The molecule has 5 nitrogen and oxygen atoms in total. The van der Waals surface area contributed by atoms with Crippen LogP contribution in [0.4, 0.5) is 0 Å². The van der Waals surface area contributed by atoms with Gasteiger partial charge in [-0.1, -0.05) is 39.0 Å². The molecule has 1 atom stereocenters. The van der Waals surface area contributed by atoms with Crippen molar-refractivity contribution in [2.75, 3.05) is 13.2 Å². The van der Waals surface area contributed by atoms with Crippen molar-refractivity contribution in [3.63, 3.8) is 0 Å². The minimum absolute atomic E-state index is 0.122. The minimum atomic E-state index is -1.02. The lowest BCUT2D eigenvalue weighted by molar-refractivity contribution is -0.162. The zero-order valence-electron chi connectivity index (χ0n) is 12.8. The lowest BCUT2D eigenvalue weighted by Gasteiger charge is -2.13. The predicted molar refractivity (Wildman–Crippen MR) is 75.1 cm³/mol. The number of carbonyl (C=O) groups is 3. The lowest BCUT2D eigenvalue weighted by atomic mass is 9.96. The van der Waals surface area contributed by atoms with Crippen LogP contribution < -0.4 is 0 Å². The van der Waals surface area contributed by atoms with Crippen molar-refractivity contribution in [3.05, 3.63) is 0 Å². The van der Waals surface area contributed by atoms with Gasteiger partial charge in [-0.3, -0.25) is 9.59 Å². The van der Waals surface area contributed by atoms with Crippen molar-refractivity contribution in [1.82, 2.24) is 0 Å². The summed E-state index contributed by atoms with van der Waals surface area (Å²) in [6, 6.07) is 0. The van der Waals surface area contributed by atoms with E-state index in [1.54, 1.807) is 13.8 Å². The molecule has 0 radical (unpaired) electrons. The average Bonchev–Trinajstić information content (AvgIpc) is 2.42. The SMILES string of the molecule is CCCCCCC[C@@H](C(=O)OCC)C(=O)C(=O)OCC. The summed E-state index contributed by atoms with van der Waals surface area (Å²) in [5, 5.41) is 0. The molecule has 0 aromatic heterocycles. The fourth-order valence-corrected chi connectivity index (χ4v) is 1.90. The quantitative estimate of drug-likeness (QED) is 0.253. The number of hydrogen-bond donors (Lipinski definition) is 0. The minimum Gasteiger partial charge on any atom is -0.465 e. The van der Waals surface area contributed by atoms with E-state index in [0.717, 1.165) is 32.1 Å². The molecule has 0 aromatic rings. The molecule has 0 saturated carbocycles. The Labute approximate surface area is 121 Å². The van der Waals surface area contributed by atoms with Crippen LogP contribution in [0.3, 0.4) is 0 Å². The molecular weight excluding hydrogens is 260 g/mol. The molecular formula is C15H26O5. The average molecular weight is 286 g/mol. The number of hydrogen-bond acceptors (Lipinski definition) is 5. The predicted octanol–water partition coefficient (Wildman–Crippen LogP) is 2.66. The highest BCUT2D eigenvalue weighted by molar-refractivity contribution is 6.37. The second kappa shape index (κ2) is 11.4. The van der Waals surface area contributed by atoms with E-state index in [1.165, 1.54) is 0 Å². The van der Waals surface area contributed by atoms with Gasteiger partial charge in [-0.05, 0) is 20.3 Å². The van der Waals surface area contributed by atoms with Gasteiger partial charge >= 0.3 is 11.9 Å². The van der Waals surface area contributed by atoms with Crippen molar-refractivity contribution < 1.29 is 23.9 Å². The summed E-state index contributed by atoms with van der Waals surface area (Å²) in [6.45, 7) is 5.73. The van der Waals surface area contributed by atoms with Gasteiger partial charge in [0.15, 0.2) is 0 Å². The third kappa shape index (κ3) is 7.26. The molecule has 20 heavy (non-hydrogen) atoms. The second-order valence-corrected chi connectivity index (χ2v) is 4.59. The molecule has 0 unspecified atom stereocenters. The Kier molecular flexibility index (Phi) is 10.6. The van der Waals surface area contributed by atoms with Gasteiger partial charge in [-0.15, -0.1) is 0 Å². The first kappa shape index (κ1) is 18.6. The number of carbonyl (C=O) groups excluding carboxylic acids is 3. The van der Waals surface area contributed by atoms with E-state index in [1.807, 2.05) is 0 Å². The van der Waals surface area contributed by atoms with Crippen molar-refractivity contribution in [1.29, 1.82) is 0 Å². The van der Waals surface area contributed by atoms with Crippen LogP contribution >= 0.6 is 0 Å². The maximum absolute atomic E-state index is 11.9. The van der Waals surface area contributed by atoms with Gasteiger partial charge in [0.2, 0.25) is 0 Å². The van der Waals surface area contributed by atoms with Gasteiger partial charge in [0.1, 0.15) is 5.92 Å². The normalized spacial score (nSPS) is 11.8. The number of ether oxygens (including phenoxy) is 2. The molecule has 5 heteroatoms. The van der Waals surface area contributed by atoms with Gasteiger partial charge in [-0.2, -0.15) is 0 Å². The third-order valence-corrected chi connectivity index (χ3v) is 2.96. The van der Waals surface area contributed by atoms with E-state index in [-0.39, 0.29) is 13.2 Å². The summed E-state index contributed by atoms with van der Waals surface area (Å²) in [5.74, 6) is -3.38. The second-order valence-electron chi connectivity index (χ2n) is 4.59. The first-order chi connectivity index (χ1) is 9.58. The smallest absolute Gasteiger partial charge is 0.375 e. The molecule has 0 aliphatic rings. The summed E-state index contributed by atoms with van der Waals surface area (Å²) in [5.41, 5.74) is 0. The Bertz CT molecular complexity index is 311. The van der Waals surface area contributed by atoms with E-state index < -0.39 is 23.6 Å². The monoisotopic (exact) mass is 286 g/mol. The maximum Gasteiger partial charge on any atom is 0.375 e. The number of Topliss-reactive ketones (excluding diaryl/α,β-unsaturated/α-hetero) is 1. The Morgan fingerprint density at radius 2 is 1.45 bits per heavy atom. The topological polar surface area (TPSA) is 69.7 Å². The van der Waals surface area contributed by atoms with E-state index in [0.29, 0.717) is 6.42 Å². The van der Waals surface area contributed by atoms with Gasteiger partial charge in [-0.25, -0.2) is 4.79 Å². The van der Waals surface area contributed by atoms with Gasteiger partial charge in [0.05, 0.1) is 13.2 Å². The van der Waals surface area contributed by atoms with Crippen LogP contribution in [-0.2, 0) is 23.9 Å². The molecule has 0 heterocycles. The Morgan fingerprint density at radius 1 is 0.850 bits per heavy atom. The molecule has 0 N–H and O–H groups in total.